The minimum atomic E-state index is -0.995. The van der Waals surface area contributed by atoms with Crippen LogP contribution in [0.15, 0.2) is 45.1 Å². The van der Waals surface area contributed by atoms with Crippen LogP contribution in [-0.4, -0.2) is 22.2 Å². The van der Waals surface area contributed by atoms with Gasteiger partial charge in [0.1, 0.15) is 11.6 Å². The summed E-state index contributed by atoms with van der Waals surface area (Å²) in [6.45, 7) is 1.62. The van der Waals surface area contributed by atoms with Crippen LogP contribution in [0.25, 0.3) is 0 Å². The van der Waals surface area contributed by atoms with Crippen molar-refractivity contribution in [3.05, 3.63) is 73.3 Å². The van der Waals surface area contributed by atoms with Gasteiger partial charge < -0.3 is 10.1 Å². The molecule has 0 aliphatic carbocycles. The number of fused-ring (bicyclic) bond motifs is 1. The van der Waals surface area contributed by atoms with Gasteiger partial charge >= 0.3 is 11.7 Å². The van der Waals surface area contributed by atoms with E-state index in [-0.39, 0.29) is 22.5 Å². The molecule has 0 bridgehead atoms. The molecule has 0 unspecified atom stereocenters. The van der Waals surface area contributed by atoms with Gasteiger partial charge in [0.05, 0.1) is 24.2 Å². The zero-order valence-corrected chi connectivity index (χ0v) is 14.8. The van der Waals surface area contributed by atoms with E-state index < -0.39 is 29.0 Å². The highest BCUT2D eigenvalue weighted by Crippen LogP contribution is 2.40. The SMILES string of the molecule is COC(=O)C1=C(C)Nc2c(c(=O)n(C)c(=O)n2C)[C@@H]1c1ccccc1F. The molecule has 1 aliphatic rings. The van der Waals surface area contributed by atoms with Crippen LogP contribution < -0.4 is 16.6 Å². The third-order valence-corrected chi connectivity index (χ3v) is 4.61. The van der Waals surface area contributed by atoms with E-state index in [0.29, 0.717) is 5.70 Å². The maximum Gasteiger partial charge on any atom is 0.336 e. The second-order valence-electron chi connectivity index (χ2n) is 6.08. The molecule has 0 saturated carbocycles. The van der Waals surface area contributed by atoms with Crippen molar-refractivity contribution in [2.75, 3.05) is 12.4 Å². The fourth-order valence-corrected chi connectivity index (χ4v) is 3.29. The van der Waals surface area contributed by atoms with Gasteiger partial charge in [0.15, 0.2) is 0 Å². The topological polar surface area (TPSA) is 82.3 Å². The highest BCUT2D eigenvalue weighted by molar-refractivity contribution is 5.94. The lowest BCUT2D eigenvalue weighted by molar-refractivity contribution is -0.136. The number of hydrogen-bond acceptors (Lipinski definition) is 5. The number of esters is 1. The molecule has 1 N–H and O–H groups in total. The van der Waals surface area contributed by atoms with Gasteiger partial charge in [-0.3, -0.25) is 13.9 Å². The van der Waals surface area contributed by atoms with E-state index in [1.165, 1.54) is 44.0 Å². The van der Waals surface area contributed by atoms with E-state index in [9.17, 15) is 18.8 Å². The Labute approximate surface area is 148 Å². The number of rotatable bonds is 2. The smallest absolute Gasteiger partial charge is 0.336 e. The van der Waals surface area contributed by atoms with Crippen molar-refractivity contribution in [2.24, 2.45) is 14.1 Å². The van der Waals surface area contributed by atoms with Crippen molar-refractivity contribution in [2.45, 2.75) is 12.8 Å². The molecule has 0 fully saturated rings. The first-order chi connectivity index (χ1) is 12.3. The standard InChI is InChI=1S/C18H18FN3O4/c1-9-12(17(24)26-4)13(10-7-5-6-8-11(10)19)14-15(20-9)21(2)18(25)22(3)16(14)23/h5-8,13,20H,1-4H3/t13-/m1/s1. The lowest BCUT2D eigenvalue weighted by Gasteiger charge is -2.30. The largest absolute Gasteiger partial charge is 0.466 e. The average molecular weight is 359 g/mol. The molecule has 0 amide bonds. The summed E-state index contributed by atoms with van der Waals surface area (Å²) in [5.74, 6) is -2.00. The van der Waals surface area contributed by atoms with Gasteiger partial charge in [0, 0.05) is 25.4 Å². The molecule has 136 valence electrons. The number of benzene rings is 1. The first-order valence-corrected chi connectivity index (χ1v) is 7.90. The second-order valence-corrected chi connectivity index (χ2v) is 6.08. The van der Waals surface area contributed by atoms with E-state index in [0.717, 1.165) is 4.57 Å². The Morgan fingerprint density at radius 1 is 1.19 bits per heavy atom. The van der Waals surface area contributed by atoms with Crippen molar-refractivity contribution in [3.63, 3.8) is 0 Å². The van der Waals surface area contributed by atoms with Crippen LogP contribution in [0.2, 0.25) is 0 Å². The van der Waals surface area contributed by atoms with Gasteiger partial charge in [0.2, 0.25) is 0 Å². The Kier molecular flexibility index (Phi) is 4.27. The zero-order chi connectivity index (χ0) is 19.2. The number of halogens is 1. The van der Waals surface area contributed by atoms with Crippen LogP contribution >= 0.6 is 0 Å². The van der Waals surface area contributed by atoms with E-state index in [2.05, 4.69) is 5.32 Å². The number of methoxy groups -OCH3 is 1. The number of anilines is 1. The maximum absolute atomic E-state index is 14.6. The summed E-state index contributed by atoms with van der Waals surface area (Å²) in [7, 11) is 4.06. The number of hydrogen-bond donors (Lipinski definition) is 1. The van der Waals surface area contributed by atoms with Crippen LogP contribution in [0.5, 0.6) is 0 Å². The van der Waals surface area contributed by atoms with E-state index in [4.69, 9.17) is 4.74 Å². The molecule has 1 atom stereocenters. The number of nitrogens with one attached hydrogen (secondary N) is 1. The van der Waals surface area contributed by atoms with Gasteiger partial charge in [-0.05, 0) is 13.0 Å². The minimum Gasteiger partial charge on any atom is -0.466 e. The summed E-state index contributed by atoms with van der Waals surface area (Å²) in [6, 6.07) is 5.91. The van der Waals surface area contributed by atoms with Crippen LogP contribution in [0.1, 0.15) is 24.0 Å². The second kappa shape index (κ2) is 6.29. The monoisotopic (exact) mass is 359 g/mol. The van der Waals surface area contributed by atoms with Gasteiger partial charge in [-0.15, -0.1) is 0 Å². The number of carbonyl (C=O) groups is 1. The predicted octanol–water partition coefficient (Wildman–Crippen LogP) is 1.23. The number of aromatic nitrogens is 2. The molecule has 2 aromatic rings. The van der Waals surface area contributed by atoms with E-state index >= 15 is 0 Å². The van der Waals surface area contributed by atoms with E-state index in [1.807, 2.05) is 0 Å². The van der Waals surface area contributed by atoms with Gasteiger partial charge in [-0.1, -0.05) is 18.2 Å². The Bertz CT molecular complexity index is 1070. The zero-order valence-electron chi connectivity index (χ0n) is 14.8. The predicted molar refractivity (Wildman–Crippen MR) is 93.5 cm³/mol. The van der Waals surface area contributed by atoms with Crippen molar-refractivity contribution >= 4 is 11.8 Å². The highest BCUT2D eigenvalue weighted by Gasteiger charge is 2.38. The van der Waals surface area contributed by atoms with Crippen molar-refractivity contribution in [1.29, 1.82) is 0 Å². The Balaban J connectivity index is 2.46. The summed E-state index contributed by atoms with van der Waals surface area (Å²) in [6.07, 6.45) is 0. The van der Waals surface area contributed by atoms with Gasteiger partial charge in [-0.25, -0.2) is 14.0 Å². The Hall–Kier alpha value is -3.16. The molecule has 0 saturated heterocycles. The summed E-state index contributed by atoms with van der Waals surface area (Å²) in [5.41, 5.74) is -0.334. The lowest BCUT2D eigenvalue weighted by atomic mass is 9.82. The Morgan fingerprint density at radius 3 is 2.46 bits per heavy atom. The summed E-state index contributed by atoms with van der Waals surface area (Å²) < 4.78 is 21.6. The van der Waals surface area contributed by atoms with Crippen LogP contribution in [0, 0.1) is 5.82 Å². The minimum absolute atomic E-state index is 0.116. The molecule has 2 heterocycles. The Morgan fingerprint density at radius 2 is 1.85 bits per heavy atom. The number of carbonyl (C=O) groups excluding carboxylic acids is 1. The molecule has 8 heteroatoms. The molecule has 1 aliphatic heterocycles. The van der Waals surface area contributed by atoms with Crippen LogP contribution in [0.4, 0.5) is 10.2 Å². The number of nitrogens with zero attached hydrogens (tertiary/aromatic N) is 2. The molecule has 1 aromatic carbocycles. The lowest BCUT2D eigenvalue weighted by Crippen LogP contribution is -2.43. The number of allylic oxidation sites excluding steroid dienone is 1. The summed E-state index contributed by atoms with van der Waals surface area (Å²) >= 11 is 0. The molecular formula is C18H18FN3O4. The highest BCUT2D eigenvalue weighted by atomic mass is 19.1. The fourth-order valence-electron chi connectivity index (χ4n) is 3.29. The maximum atomic E-state index is 14.6. The first-order valence-electron chi connectivity index (χ1n) is 7.90. The molecular weight excluding hydrogens is 341 g/mol. The van der Waals surface area contributed by atoms with Gasteiger partial charge in [0.25, 0.3) is 5.56 Å². The summed E-state index contributed by atoms with van der Waals surface area (Å²) in [4.78, 5) is 37.5. The molecule has 1 aromatic heterocycles. The number of ether oxygens (including phenoxy) is 1. The quantitative estimate of drug-likeness (QED) is 0.816. The first kappa shape index (κ1) is 17.7. The molecule has 7 nitrogen and oxygen atoms in total. The molecule has 26 heavy (non-hydrogen) atoms. The van der Waals surface area contributed by atoms with Crippen molar-refractivity contribution in [3.8, 4) is 0 Å². The van der Waals surface area contributed by atoms with Gasteiger partial charge in [-0.2, -0.15) is 0 Å². The normalized spacial score (nSPS) is 16.1. The van der Waals surface area contributed by atoms with Crippen molar-refractivity contribution < 1.29 is 13.9 Å². The third kappa shape index (κ3) is 2.45. The fraction of sp³-hybridized carbons (Fsp3) is 0.278. The van der Waals surface area contributed by atoms with Crippen LogP contribution in [-0.2, 0) is 23.6 Å². The van der Waals surface area contributed by atoms with Crippen molar-refractivity contribution in [1.82, 2.24) is 9.13 Å². The van der Waals surface area contributed by atoms with Crippen LogP contribution in [0.3, 0.4) is 0 Å². The summed E-state index contributed by atoms with van der Waals surface area (Å²) in [5, 5.41) is 2.93. The van der Waals surface area contributed by atoms with E-state index in [1.54, 1.807) is 13.0 Å². The molecule has 3 rings (SSSR count). The molecule has 0 spiro atoms. The molecule has 0 radical (unpaired) electrons. The average Bonchev–Trinajstić information content (AvgIpc) is 2.63. The third-order valence-electron chi connectivity index (χ3n) is 4.61.